The lowest BCUT2D eigenvalue weighted by atomic mass is 9.84. The Morgan fingerprint density at radius 1 is 0.757 bits per heavy atom. The smallest absolute Gasteiger partial charge is 0.408 e. The molecule has 0 aliphatic rings. The molecule has 0 saturated carbocycles. The van der Waals surface area contributed by atoms with E-state index < -0.39 is 36.0 Å². The van der Waals surface area contributed by atoms with E-state index in [0.717, 1.165) is 16.7 Å². The van der Waals surface area contributed by atoms with Crippen LogP contribution in [-0.2, 0) is 25.7 Å². The third-order valence-electron chi connectivity index (χ3n) is 5.93. The van der Waals surface area contributed by atoms with Crippen molar-refractivity contribution in [3.8, 4) is 0 Å². The Labute approximate surface area is 218 Å². The Bertz CT molecular complexity index is 1100. The van der Waals surface area contributed by atoms with Crippen LogP contribution in [0.25, 0.3) is 0 Å². The topological polar surface area (TPSA) is 93.7 Å². The molecule has 2 amide bonds. The van der Waals surface area contributed by atoms with E-state index in [-0.39, 0.29) is 12.5 Å². The van der Waals surface area contributed by atoms with Crippen LogP contribution in [0, 0.1) is 5.92 Å². The van der Waals surface area contributed by atoms with Crippen LogP contribution in [0.3, 0.4) is 0 Å². The summed E-state index contributed by atoms with van der Waals surface area (Å²) in [5.41, 5.74) is 2.53. The molecule has 0 radical (unpaired) electrons. The summed E-state index contributed by atoms with van der Waals surface area (Å²) >= 11 is 0. The molecule has 7 nitrogen and oxygen atoms in total. The number of nitrogens with one attached hydrogen (secondary N) is 2. The molecule has 0 bridgehead atoms. The maximum atomic E-state index is 13.5. The summed E-state index contributed by atoms with van der Waals surface area (Å²) in [5.74, 6) is -1.47. The lowest BCUT2D eigenvalue weighted by Gasteiger charge is -2.29. The second-order valence-electron chi connectivity index (χ2n) is 9.20. The van der Waals surface area contributed by atoms with Crippen molar-refractivity contribution in [3.63, 3.8) is 0 Å². The second kappa shape index (κ2) is 13.8. The van der Waals surface area contributed by atoms with Crippen molar-refractivity contribution < 1.29 is 23.9 Å². The van der Waals surface area contributed by atoms with Gasteiger partial charge in [0.2, 0.25) is 5.91 Å². The minimum atomic E-state index is -1.01. The second-order valence-corrected chi connectivity index (χ2v) is 9.20. The van der Waals surface area contributed by atoms with Gasteiger partial charge in [-0.1, -0.05) is 105 Å². The van der Waals surface area contributed by atoms with Gasteiger partial charge in [-0.2, -0.15) is 0 Å². The highest BCUT2D eigenvalue weighted by atomic mass is 16.5. The largest absolute Gasteiger partial charge is 0.467 e. The van der Waals surface area contributed by atoms with Gasteiger partial charge in [0.1, 0.15) is 18.7 Å². The Hall–Kier alpha value is -4.13. The highest BCUT2D eigenvalue weighted by Crippen LogP contribution is 2.29. The fourth-order valence-electron chi connectivity index (χ4n) is 4.17. The van der Waals surface area contributed by atoms with Crippen LogP contribution >= 0.6 is 0 Å². The molecule has 0 aliphatic heterocycles. The number of hydrogen-bond donors (Lipinski definition) is 2. The first-order valence-corrected chi connectivity index (χ1v) is 12.3. The summed E-state index contributed by atoms with van der Waals surface area (Å²) < 4.78 is 10.4. The van der Waals surface area contributed by atoms with E-state index in [1.807, 2.05) is 105 Å². The standard InChI is InChI=1S/C30H34N2O5/c1-21(2)19-25(31-30(35)37-20-22-13-7-4-8-14-22)28(33)32-27(29(34)36-3)26(23-15-9-5-10-16-23)24-17-11-6-12-18-24/h4-18,21,25-27H,19-20H2,1-3H3,(H,31,35)(H,32,33)/t25-,27-/m0/s1. The van der Waals surface area contributed by atoms with Crippen molar-refractivity contribution in [1.29, 1.82) is 0 Å². The van der Waals surface area contributed by atoms with E-state index in [1.54, 1.807) is 0 Å². The zero-order chi connectivity index (χ0) is 26.6. The number of esters is 1. The van der Waals surface area contributed by atoms with Crippen molar-refractivity contribution in [2.75, 3.05) is 7.11 Å². The van der Waals surface area contributed by atoms with Crippen LogP contribution < -0.4 is 10.6 Å². The third-order valence-corrected chi connectivity index (χ3v) is 5.93. The van der Waals surface area contributed by atoms with Gasteiger partial charge in [0, 0.05) is 5.92 Å². The number of amides is 2. The van der Waals surface area contributed by atoms with Crippen molar-refractivity contribution >= 4 is 18.0 Å². The molecule has 194 valence electrons. The Kier molecular flexibility index (Phi) is 10.3. The number of carbonyl (C=O) groups is 3. The normalized spacial score (nSPS) is 12.5. The zero-order valence-electron chi connectivity index (χ0n) is 21.4. The fraction of sp³-hybridized carbons (Fsp3) is 0.300. The molecule has 7 heteroatoms. The quantitative estimate of drug-likeness (QED) is 0.367. The summed E-state index contributed by atoms with van der Waals surface area (Å²) in [6.07, 6.45) is -0.344. The van der Waals surface area contributed by atoms with E-state index >= 15 is 0 Å². The Balaban J connectivity index is 1.82. The molecule has 2 N–H and O–H groups in total. The highest BCUT2D eigenvalue weighted by molar-refractivity contribution is 5.90. The summed E-state index contributed by atoms with van der Waals surface area (Å²) in [4.78, 5) is 39.1. The first-order valence-electron chi connectivity index (χ1n) is 12.3. The summed E-state index contributed by atoms with van der Waals surface area (Å²) in [7, 11) is 1.29. The molecule has 0 unspecified atom stereocenters. The van der Waals surface area contributed by atoms with Crippen molar-refractivity contribution in [1.82, 2.24) is 10.6 Å². The number of hydrogen-bond acceptors (Lipinski definition) is 5. The molecule has 0 spiro atoms. The molecule has 3 rings (SSSR count). The lowest BCUT2D eigenvalue weighted by molar-refractivity contribution is -0.145. The predicted octanol–water partition coefficient (Wildman–Crippen LogP) is 4.82. The number of methoxy groups -OCH3 is 1. The molecule has 3 aromatic rings. The molecule has 0 aromatic heterocycles. The Morgan fingerprint density at radius 2 is 1.27 bits per heavy atom. The molecule has 2 atom stereocenters. The average Bonchev–Trinajstić information content (AvgIpc) is 2.92. The van der Waals surface area contributed by atoms with Gasteiger partial charge in [0.25, 0.3) is 0 Å². The minimum Gasteiger partial charge on any atom is -0.467 e. The van der Waals surface area contributed by atoms with Gasteiger partial charge in [-0.05, 0) is 29.0 Å². The van der Waals surface area contributed by atoms with Crippen molar-refractivity contribution in [3.05, 3.63) is 108 Å². The van der Waals surface area contributed by atoms with Crippen LogP contribution in [-0.4, -0.2) is 37.2 Å². The number of alkyl carbamates (subject to hydrolysis) is 1. The van der Waals surface area contributed by atoms with E-state index in [1.165, 1.54) is 7.11 Å². The van der Waals surface area contributed by atoms with Crippen molar-refractivity contribution in [2.24, 2.45) is 5.92 Å². The van der Waals surface area contributed by atoms with Gasteiger partial charge in [-0.3, -0.25) is 4.79 Å². The van der Waals surface area contributed by atoms with Crippen molar-refractivity contribution in [2.45, 2.75) is 44.9 Å². The van der Waals surface area contributed by atoms with Gasteiger partial charge < -0.3 is 20.1 Å². The third kappa shape index (κ3) is 8.20. The van der Waals surface area contributed by atoms with E-state index in [2.05, 4.69) is 10.6 Å². The van der Waals surface area contributed by atoms with E-state index in [0.29, 0.717) is 6.42 Å². The average molecular weight is 503 g/mol. The van der Waals surface area contributed by atoms with Gasteiger partial charge in [0.15, 0.2) is 0 Å². The number of benzene rings is 3. The predicted molar refractivity (Wildman–Crippen MR) is 142 cm³/mol. The van der Waals surface area contributed by atoms with E-state index in [9.17, 15) is 14.4 Å². The SMILES string of the molecule is COC(=O)[C@@H](NC(=O)[C@H](CC(C)C)NC(=O)OCc1ccccc1)C(c1ccccc1)c1ccccc1. The van der Waals surface area contributed by atoms with Crippen LogP contribution in [0.5, 0.6) is 0 Å². The zero-order valence-corrected chi connectivity index (χ0v) is 21.4. The molecule has 37 heavy (non-hydrogen) atoms. The molecule has 0 heterocycles. The molecule has 3 aromatic carbocycles. The lowest BCUT2D eigenvalue weighted by Crippen LogP contribution is -2.54. The maximum absolute atomic E-state index is 13.5. The van der Waals surface area contributed by atoms with Gasteiger partial charge in [0.05, 0.1) is 7.11 Å². The van der Waals surface area contributed by atoms with Crippen LogP contribution in [0.2, 0.25) is 0 Å². The van der Waals surface area contributed by atoms with Gasteiger partial charge in [-0.15, -0.1) is 0 Å². The summed E-state index contributed by atoms with van der Waals surface area (Å²) in [5, 5.41) is 5.54. The van der Waals surface area contributed by atoms with Crippen LogP contribution in [0.4, 0.5) is 4.79 Å². The Morgan fingerprint density at radius 3 is 1.76 bits per heavy atom. The fourth-order valence-corrected chi connectivity index (χ4v) is 4.17. The molecule has 0 fully saturated rings. The number of ether oxygens (including phenoxy) is 2. The minimum absolute atomic E-state index is 0.0809. The van der Waals surface area contributed by atoms with Gasteiger partial charge >= 0.3 is 12.1 Å². The molecule has 0 aliphatic carbocycles. The highest BCUT2D eigenvalue weighted by Gasteiger charge is 2.35. The molecular formula is C30H34N2O5. The monoisotopic (exact) mass is 502 g/mol. The summed E-state index contributed by atoms with van der Waals surface area (Å²) in [6.45, 7) is 3.98. The molecular weight excluding hydrogens is 468 g/mol. The molecule has 0 saturated heterocycles. The summed E-state index contributed by atoms with van der Waals surface area (Å²) in [6, 6.07) is 26.3. The first-order chi connectivity index (χ1) is 17.9. The van der Waals surface area contributed by atoms with Crippen LogP contribution in [0.15, 0.2) is 91.0 Å². The van der Waals surface area contributed by atoms with Crippen LogP contribution in [0.1, 0.15) is 42.9 Å². The first kappa shape index (κ1) is 27.5. The maximum Gasteiger partial charge on any atom is 0.408 e. The van der Waals surface area contributed by atoms with Gasteiger partial charge in [-0.25, -0.2) is 9.59 Å². The van der Waals surface area contributed by atoms with E-state index in [4.69, 9.17) is 9.47 Å². The number of carbonyl (C=O) groups excluding carboxylic acids is 3. The number of rotatable bonds is 11.